The van der Waals surface area contributed by atoms with Gasteiger partial charge in [0, 0.05) is 0 Å². The molecule has 4 nitrogen and oxygen atoms in total. The van der Waals surface area contributed by atoms with Crippen molar-refractivity contribution >= 4 is 37.3 Å². The summed E-state index contributed by atoms with van der Waals surface area (Å²) in [5, 5.41) is 5.71. The molecule has 0 unspecified atom stereocenters. The molecule has 8 heteroatoms. The molecule has 0 bridgehead atoms. The van der Waals surface area contributed by atoms with Gasteiger partial charge in [0.25, 0.3) is 0 Å². The van der Waals surface area contributed by atoms with Crippen LogP contribution < -0.4 is 15.4 Å². The van der Waals surface area contributed by atoms with Crippen LogP contribution in [0.1, 0.15) is 12.0 Å². The van der Waals surface area contributed by atoms with E-state index in [9.17, 15) is 13.2 Å². The number of nitrogens with one attached hydrogen (secondary N) is 2. The van der Waals surface area contributed by atoms with E-state index in [1.54, 1.807) is 18.2 Å². The average molecular weight is 515 g/mol. The molecule has 2 N–H and O–H groups in total. The second-order valence-electron chi connectivity index (χ2n) is 5.38. The van der Waals surface area contributed by atoms with Crippen LogP contribution in [0.3, 0.4) is 0 Å². The summed E-state index contributed by atoms with van der Waals surface area (Å²) in [6.07, 6.45) is 0.618. The van der Waals surface area contributed by atoms with E-state index in [0.29, 0.717) is 18.0 Å². The maximum atomic E-state index is 12.3. The Morgan fingerprint density at radius 3 is 2.91 bits per heavy atom. The number of hydrogen-bond acceptors (Lipinski definition) is 4. The van der Waals surface area contributed by atoms with Gasteiger partial charge in [0.1, 0.15) is 0 Å². The van der Waals surface area contributed by atoms with Gasteiger partial charge in [-0.2, -0.15) is 0 Å². The van der Waals surface area contributed by atoms with Crippen molar-refractivity contribution in [3.05, 3.63) is 41.7 Å². The van der Waals surface area contributed by atoms with Crippen LogP contribution in [-0.2, 0) is 0 Å². The molecule has 0 atom stereocenters. The zero-order valence-corrected chi connectivity index (χ0v) is 16.8. The van der Waals surface area contributed by atoms with Crippen molar-refractivity contribution in [1.82, 2.24) is 8.03 Å². The van der Waals surface area contributed by atoms with E-state index in [1.807, 2.05) is 0 Å². The molecule has 1 aromatic rings. The third kappa shape index (κ3) is 4.33. The van der Waals surface area contributed by atoms with E-state index in [-0.39, 0.29) is 0 Å². The van der Waals surface area contributed by atoms with Crippen molar-refractivity contribution in [3.63, 3.8) is 0 Å². The van der Waals surface area contributed by atoms with Crippen molar-refractivity contribution < 1.29 is 17.9 Å². The summed E-state index contributed by atoms with van der Waals surface area (Å²) in [4.78, 5) is 0. The van der Waals surface area contributed by atoms with E-state index in [0.717, 1.165) is 56.0 Å². The Morgan fingerprint density at radius 2 is 2.22 bits per heavy atom. The monoisotopic (exact) mass is 515 g/mol. The number of fused-ring (bicyclic) bond motifs is 1. The molecule has 0 aliphatic carbocycles. The molecule has 2 aliphatic heterocycles. The van der Waals surface area contributed by atoms with Crippen molar-refractivity contribution in [2.24, 2.45) is 0 Å². The van der Waals surface area contributed by atoms with Gasteiger partial charge in [-0.15, -0.1) is 0 Å². The zero-order chi connectivity index (χ0) is 16.4. The van der Waals surface area contributed by atoms with Gasteiger partial charge >= 0.3 is 148 Å². The Hall–Kier alpha value is -1.39. The minimum absolute atomic E-state index is 0.442. The Morgan fingerprint density at radius 1 is 1.39 bits per heavy atom. The number of rotatable bonds is 3. The van der Waals surface area contributed by atoms with E-state index in [2.05, 4.69) is 25.6 Å². The van der Waals surface area contributed by atoms with Gasteiger partial charge in [-0.1, -0.05) is 0 Å². The van der Waals surface area contributed by atoms with E-state index in [1.165, 1.54) is 0 Å². The van der Waals surface area contributed by atoms with Gasteiger partial charge in [0.15, 0.2) is 0 Å². The van der Waals surface area contributed by atoms with Gasteiger partial charge in [-0.25, -0.2) is 0 Å². The van der Waals surface area contributed by atoms with Crippen LogP contribution in [0.2, 0.25) is 0 Å². The number of ether oxygens (including phenoxy) is 1. The number of allylic oxidation sites excluding steroid dienone is 1. The third-order valence-electron chi connectivity index (χ3n) is 3.55. The van der Waals surface area contributed by atoms with Gasteiger partial charge in [0.2, 0.25) is 0 Å². The fourth-order valence-corrected chi connectivity index (χ4v) is 3.48. The summed E-state index contributed by atoms with van der Waals surface area (Å²) in [5.41, 5.74) is 3.39. The van der Waals surface area contributed by atoms with Crippen LogP contribution >= 0.6 is 0 Å². The molecule has 2 aliphatic rings. The molecule has 0 saturated heterocycles. The summed E-state index contributed by atoms with van der Waals surface area (Å²) in [6, 6.07) is 5.06. The van der Waals surface area contributed by atoms with Crippen LogP contribution in [0.5, 0.6) is 5.75 Å². The van der Waals surface area contributed by atoms with Gasteiger partial charge < -0.3 is 0 Å². The Kier molecular flexibility index (Phi) is 4.74. The van der Waals surface area contributed by atoms with Gasteiger partial charge in [0.05, 0.1) is 0 Å². The second-order valence-corrected chi connectivity index (χ2v) is 7.96. The molecular weight excluding hydrogens is 500 g/mol. The number of benzene rings is 1. The van der Waals surface area contributed by atoms with Crippen LogP contribution in [0.4, 0.5) is 18.9 Å². The van der Waals surface area contributed by atoms with Crippen LogP contribution in [0, 0.1) is 0 Å². The first-order valence-electron chi connectivity index (χ1n) is 7.16. The Bertz CT molecular complexity index is 658. The standard InChI is InChI=1S/C15H15F3N3O.Tl/c16-15(17,18)8-20-11-1-2-14-13(6-11)10(3-4-22-14)5-12-7-19-9-21-12;/h1-2,5-7,20-21H,3-4,8-9H2;/q-1;+1/b10-5+;. The quantitative estimate of drug-likeness (QED) is 0.609. The number of alkyl halides is 3. The third-order valence-corrected chi connectivity index (χ3v) is 4.84. The van der Waals surface area contributed by atoms with Crippen molar-refractivity contribution in [2.45, 2.75) is 12.6 Å². The molecular formula is C15H15F3N3OTl. The van der Waals surface area contributed by atoms with Crippen molar-refractivity contribution in [2.75, 3.05) is 25.1 Å². The van der Waals surface area contributed by atoms with Crippen LogP contribution in [0.15, 0.2) is 36.2 Å². The maximum absolute atomic E-state index is 12.3. The van der Waals surface area contributed by atoms with Crippen LogP contribution in [0.25, 0.3) is 5.57 Å². The molecule has 0 saturated carbocycles. The molecule has 0 spiro atoms. The minimum atomic E-state index is -4.24. The molecule has 0 fully saturated rings. The van der Waals surface area contributed by atoms with Crippen molar-refractivity contribution in [1.29, 1.82) is 0 Å². The predicted molar refractivity (Wildman–Crippen MR) is 82.8 cm³/mol. The molecule has 1 aromatic carbocycles. The molecule has 120 valence electrons. The van der Waals surface area contributed by atoms with Gasteiger partial charge in [-0.3, -0.25) is 0 Å². The predicted octanol–water partition coefficient (Wildman–Crippen LogP) is 2.61. The number of hydrogen-bond donors (Lipinski definition) is 2. The Labute approximate surface area is 148 Å². The summed E-state index contributed by atoms with van der Waals surface area (Å²) in [7, 11) is 0. The molecule has 3 rings (SSSR count). The molecule has 0 amide bonds. The average Bonchev–Trinajstić information content (AvgIpc) is 2.90. The topological polar surface area (TPSA) is 36.5 Å². The first-order valence-corrected chi connectivity index (χ1v) is 9.17. The first-order chi connectivity index (χ1) is 10.9. The summed E-state index contributed by atoms with van der Waals surface area (Å²) in [5.74, 6) is 0.711. The number of anilines is 1. The fraction of sp³-hybridized carbons (Fsp3) is 0.333. The number of nitrogens with zero attached hydrogens (tertiary/aromatic N) is 1. The zero-order valence-electron chi connectivity index (χ0n) is 12.3. The normalized spacial score (nSPS) is 19.0. The van der Waals surface area contributed by atoms with E-state index >= 15 is 0 Å². The first kappa shape index (κ1) is 16.5. The summed E-state index contributed by atoms with van der Waals surface area (Å²) >= 11 is 0.739. The summed E-state index contributed by atoms with van der Waals surface area (Å²) < 4.78 is 44.8. The van der Waals surface area contributed by atoms with Gasteiger partial charge in [-0.05, 0) is 0 Å². The molecule has 2 heterocycles. The molecule has 0 radical (unpaired) electrons. The summed E-state index contributed by atoms with van der Waals surface area (Å²) in [6.45, 7) is 0.350. The van der Waals surface area contributed by atoms with Crippen molar-refractivity contribution in [3.8, 4) is 5.75 Å². The second kappa shape index (κ2) is 6.62. The molecule has 23 heavy (non-hydrogen) atoms. The SMILES string of the molecule is FC(F)(F)CNc1ccc2c(c1)/C(=C/C1=C[N]([Tl])CN1)CCO2. The van der Waals surface area contributed by atoms with Crippen LogP contribution in [-0.4, -0.2) is 54.8 Å². The Balaban J connectivity index is 1.84. The van der Waals surface area contributed by atoms with E-state index in [4.69, 9.17) is 4.74 Å². The molecule has 0 aromatic heterocycles. The van der Waals surface area contributed by atoms with E-state index < -0.39 is 12.7 Å². The number of halogens is 3. The fourth-order valence-electron chi connectivity index (χ4n) is 2.50.